The molecule has 1 fully saturated rings. The lowest BCUT2D eigenvalue weighted by Crippen LogP contribution is -2.44. The molecule has 2 aliphatic rings. The highest BCUT2D eigenvalue weighted by Gasteiger charge is 2.47. The molecule has 0 bridgehead atoms. The van der Waals surface area contributed by atoms with Crippen LogP contribution in [0.15, 0.2) is 36.4 Å². The van der Waals surface area contributed by atoms with E-state index in [9.17, 15) is 19.8 Å². The molecule has 230 valence electrons. The molecule has 0 saturated carbocycles. The van der Waals surface area contributed by atoms with Gasteiger partial charge >= 0.3 is 5.97 Å². The molecule has 10 nitrogen and oxygen atoms in total. The van der Waals surface area contributed by atoms with Crippen molar-refractivity contribution in [1.82, 2.24) is 9.80 Å². The second kappa shape index (κ2) is 15.1. The maximum absolute atomic E-state index is 13.6. The number of hydrogen-bond acceptors (Lipinski definition) is 8. The summed E-state index contributed by atoms with van der Waals surface area (Å²) in [5, 5.41) is 20.0. The van der Waals surface area contributed by atoms with Crippen LogP contribution in [0.4, 0.5) is 0 Å². The normalized spacial score (nSPS) is 19.6. The van der Waals surface area contributed by atoms with E-state index in [1.807, 2.05) is 41.3 Å². The first-order valence-corrected chi connectivity index (χ1v) is 14.9. The molecule has 2 N–H and O–H groups in total. The molecule has 10 heteroatoms. The van der Waals surface area contributed by atoms with Crippen LogP contribution in [0.2, 0.25) is 0 Å². The van der Waals surface area contributed by atoms with Gasteiger partial charge in [-0.2, -0.15) is 0 Å². The molecule has 3 atom stereocenters. The second-order valence-corrected chi connectivity index (χ2v) is 10.9. The Morgan fingerprint density at radius 2 is 1.81 bits per heavy atom. The van der Waals surface area contributed by atoms with Crippen LogP contribution in [-0.4, -0.2) is 91.7 Å². The molecule has 42 heavy (non-hydrogen) atoms. The Kier molecular flexibility index (Phi) is 11.3. The summed E-state index contributed by atoms with van der Waals surface area (Å²) < 4.78 is 22.3. The van der Waals surface area contributed by atoms with E-state index in [-0.39, 0.29) is 37.8 Å². The number of carbonyl (C=O) groups is 2. The van der Waals surface area contributed by atoms with E-state index in [0.29, 0.717) is 49.7 Å². The SMILES string of the molecule is CCCCN(CCCO)C(=O)CN1CC(c2cc(OC)c3c(c2)OCO3)C(C(=O)O)C1CCCc1ccccc1OC. The first-order valence-electron chi connectivity index (χ1n) is 14.9. The molecule has 2 heterocycles. The molecule has 0 aliphatic carbocycles. The van der Waals surface area contributed by atoms with Crippen LogP contribution in [0, 0.1) is 5.92 Å². The van der Waals surface area contributed by atoms with Crippen molar-refractivity contribution in [3.63, 3.8) is 0 Å². The fraction of sp³-hybridized carbons (Fsp3) is 0.562. The Morgan fingerprint density at radius 3 is 2.52 bits per heavy atom. The zero-order chi connectivity index (χ0) is 30.1. The number of carbonyl (C=O) groups excluding carboxylic acids is 1. The van der Waals surface area contributed by atoms with Gasteiger partial charge in [-0.3, -0.25) is 14.5 Å². The quantitative estimate of drug-likeness (QED) is 0.303. The minimum Gasteiger partial charge on any atom is -0.496 e. The Labute approximate surface area is 248 Å². The van der Waals surface area contributed by atoms with Crippen molar-refractivity contribution in [3.8, 4) is 23.0 Å². The summed E-state index contributed by atoms with van der Waals surface area (Å²) in [6, 6.07) is 11.2. The highest BCUT2D eigenvalue weighted by molar-refractivity contribution is 5.79. The first kappa shape index (κ1) is 31.4. The van der Waals surface area contributed by atoms with Crippen molar-refractivity contribution in [2.45, 2.75) is 57.4 Å². The van der Waals surface area contributed by atoms with Crippen LogP contribution in [0.25, 0.3) is 0 Å². The van der Waals surface area contributed by atoms with E-state index < -0.39 is 11.9 Å². The van der Waals surface area contributed by atoms with Crippen molar-refractivity contribution in [2.75, 3.05) is 53.8 Å². The second-order valence-electron chi connectivity index (χ2n) is 10.9. The number of ether oxygens (including phenoxy) is 4. The summed E-state index contributed by atoms with van der Waals surface area (Å²) in [6.07, 6.45) is 4.41. The fourth-order valence-corrected chi connectivity index (χ4v) is 6.21. The number of aliphatic carboxylic acids is 1. The fourth-order valence-electron chi connectivity index (χ4n) is 6.21. The van der Waals surface area contributed by atoms with Gasteiger partial charge in [0, 0.05) is 38.2 Å². The van der Waals surface area contributed by atoms with Gasteiger partial charge in [-0.05, 0) is 61.4 Å². The summed E-state index contributed by atoms with van der Waals surface area (Å²) in [4.78, 5) is 30.3. The smallest absolute Gasteiger partial charge is 0.308 e. The standard InChI is InChI=1S/C32H44N2O8/c1-4-5-14-33(15-9-16-35)29(36)20-34-19-24(23-17-27(40-3)31-28(18-23)41-21-42-31)30(32(37)38)25(34)12-8-11-22-10-6-7-13-26(22)39-2/h6-7,10,13,17-18,24-25,30,35H,4-5,8-9,11-12,14-16,19-21H2,1-3H3,(H,37,38). The zero-order valence-corrected chi connectivity index (χ0v) is 24.9. The number of carboxylic acids is 1. The molecule has 3 unspecified atom stereocenters. The van der Waals surface area contributed by atoms with Crippen molar-refractivity contribution >= 4 is 11.9 Å². The van der Waals surface area contributed by atoms with Gasteiger partial charge in [0.25, 0.3) is 0 Å². The number of hydrogen-bond donors (Lipinski definition) is 2. The highest BCUT2D eigenvalue weighted by Crippen LogP contribution is 2.47. The molecule has 1 saturated heterocycles. The van der Waals surface area contributed by atoms with Gasteiger partial charge in [0.2, 0.25) is 18.4 Å². The van der Waals surface area contributed by atoms with Crippen molar-refractivity contribution in [1.29, 1.82) is 0 Å². The monoisotopic (exact) mass is 584 g/mol. The number of carboxylic acid groups (broad SMARTS) is 1. The minimum atomic E-state index is -0.892. The third-order valence-electron chi connectivity index (χ3n) is 8.34. The van der Waals surface area contributed by atoms with Gasteiger partial charge in [-0.25, -0.2) is 0 Å². The van der Waals surface area contributed by atoms with Gasteiger partial charge in [0.15, 0.2) is 11.5 Å². The number of benzene rings is 2. The summed E-state index contributed by atoms with van der Waals surface area (Å²) in [5.74, 6) is 0.315. The molecule has 2 aromatic rings. The van der Waals surface area contributed by atoms with Crippen molar-refractivity contribution in [2.24, 2.45) is 5.92 Å². The van der Waals surface area contributed by atoms with E-state index in [0.717, 1.165) is 42.6 Å². The molecule has 0 aromatic heterocycles. The van der Waals surface area contributed by atoms with Gasteiger partial charge in [0.1, 0.15) is 5.75 Å². The number of aryl methyl sites for hydroxylation is 1. The molecule has 2 aliphatic heterocycles. The van der Waals surface area contributed by atoms with Gasteiger partial charge in [0.05, 0.1) is 26.7 Å². The van der Waals surface area contributed by atoms with Gasteiger partial charge < -0.3 is 34.1 Å². The van der Waals surface area contributed by atoms with Gasteiger partial charge in [-0.1, -0.05) is 31.5 Å². The Bertz CT molecular complexity index is 1200. The average Bonchev–Trinajstić information content (AvgIpc) is 3.62. The number of likely N-dealkylation sites (tertiary alicyclic amines) is 1. The minimum absolute atomic E-state index is 0.0142. The number of methoxy groups -OCH3 is 2. The molecular weight excluding hydrogens is 540 g/mol. The van der Waals surface area contributed by atoms with Crippen LogP contribution >= 0.6 is 0 Å². The van der Waals surface area contributed by atoms with Crippen molar-refractivity contribution in [3.05, 3.63) is 47.5 Å². The molecule has 0 radical (unpaired) electrons. The summed E-state index contributed by atoms with van der Waals surface area (Å²) >= 11 is 0. The number of nitrogens with zero attached hydrogens (tertiary/aromatic N) is 2. The predicted octanol–water partition coefficient (Wildman–Crippen LogP) is 3.94. The summed E-state index contributed by atoms with van der Waals surface area (Å²) in [5.41, 5.74) is 1.86. The zero-order valence-electron chi connectivity index (χ0n) is 24.9. The molecule has 4 rings (SSSR count). The molecular formula is C32H44N2O8. The van der Waals surface area contributed by atoms with E-state index in [2.05, 4.69) is 6.92 Å². The number of amides is 1. The van der Waals surface area contributed by atoms with Crippen LogP contribution in [0.1, 0.15) is 56.1 Å². The maximum atomic E-state index is 13.6. The number of fused-ring (bicyclic) bond motifs is 1. The van der Waals surface area contributed by atoms with E-state index in [1.54, 1.807) is 19.1 Å². The topological polar surface area (TPSA) is 118 Å². The average molecular weight is 585 g/mol. The molecule has 1 amide bonds. The van der Waals surface area contributed by atoms with E-state index in [4.69, 9.17) is 18.9 Å². The van der Waals surface area contributed by atoms with Crippen LogP contribution in [0.5, 0.6) is 23.0 Å². The number of rotatable bonds is 16. The molecule has 2 aromatic carbocycles. The highest BCUT2D eigenvalue weighted by atomic mass is 16.7. The predicted molar refractivity (Wildman–Crippen MR) is 157 cm³/mol. The lowest BCUT2D eigenvalue weighted by molar-refractivity contribution is -0.144. The number of aliphatic hydroxyl groups excluding tert-OH is 1. The lowest BCUT2D eigenvalue weighted by Gasteiger charge is -2.30. The molecule has 0 spiro atoms. The Morgan fingerprint density at radius 1 is 1.05 bits per heavy atom. The van der Waals surface area contributed by atoms with Crippen molar-refractivity contribution < 1.29 is 38.7 Å². The first-order chi connectivity index (χ1) is 20.4. The lowest BCUT2D eigenvalue weighted by atomic mass is 9.83. The summed E-state index contributed by atoms with van der Waals surface area (Å²) in [7, 11) is 3.20. The maximum Gasteiger partial charge on any atom is 0.308 e. The van der Waals surface area contributed by atoms with Crippen LogP contribution in [0.3, 0.4) is 0 Å². The Balaban J connectivity index is 1.61. The number of para-hydroxylation sites is 1. The number of unbranched alkanes of at least 4 members (excludes halogenated alkanes) is 1. The Hall–Kier alpha value is -3.50. The third-order valence-corrected chi connectivity index (χ3v) is 8.34. The van der Waals surface area contributed by atoms with E-state index >= 15 is 0 Å². The largest absolute Gasteiger partial charge is 0.496 e. The third kappa shape index (κ3) is 7.28. The van der Waals surface area contributed by atoms with Gasteiger partial charge in [-0.15, -0.1) is 0 Å². The van der Waals surface area contributed by atoms with Crippen LogP contribution < -0.4 is 18.9 Å². The van der Waals surface area contributed by atoms with E-state index in [1.165, 1.54) is 0 Å². The van der Waals surface area contributed by atoms with Crippen LogP contribution in [-0.2, 0) is 16.0 Å². The number of aliphatic hydroxyl groups is 1. The summed E-state index contributed by atoms with van der Waals surface area (Å²) in [6.45, 7) is 3.80.